The molecule has 1 aliphatic heterocycles. The van der Waals surface area contributed by atoms with E-state index in [0.29, 0.717) is 22.7 Å². The van der Waals surface area contributed by atoms with Crippen LogP contribution in [0.3, 0.4) is 0 Å². The van der Waals surface area contributed by atoms with Crippen LogP contribution in [-0.4, -0.2) is 26.2 Å². The van der Waals surface area contributed by atoms with Crippen LogP contribution in [0.15, 0.2) is 102 Å². The number of nitrogens with zero attached hydrogens (tertiary/aromatic N) is 2. The van der Waals surface area contributed by atoms with Crippen molar-refractivity contribution in [3.05, 3.63) is 113 Å². The minimum Gasteiger partial charge on any atom is -0.466 e. The molecule has 186 valence electrons. The first-order valence-electron chi connectivity index (χ1n) is 11.4. The van der Waals surface area contributed by atoms with Crippen molar-refractivity contribution >= 4 is 17.6 Å². The van der Waals surface area contributed by atoms with Gasteiger partial charge in [0.05, 0.1) is 37.4 Å². The number of esters is 2. The smallest absolute Gasteiger partial charge is 0.355 e. The Morgan fingerprint density at radius 2 is 1.43 bits per heavy atom. The maximum Gasteiger partial charge on any atom is 0.355 e. The minimum atomic E-state index is -0.923. The summed E-state index contributed by atoms with van der Waals surface area (Å²) in [5, 5.41) is 10.1. The van der Waals surface area contributed by atoms with Crippen molar-refractivity contribution in [3.8, 4) is 17.6 Å². The van der Waals surface area contributed by atoms with E-state index in [-0.39, 0.29) is 22.7 Å². The van der Waals surface area contributed by atoms with E-state index in [2.05, 4.69) is 6.07 Å². The lowest BCUT2D eigenvalue weighted by Gasteiger charge is -2.35. The molecule has 0 saturated heterocycles. The molecule has 3 aromatic rings. The van der Waals surface area contributed by atoms with Crippen LogP contribution in [0.1, 0.15) is 17.0 Å². The second kappa shape index (κ2) is 10.7. The fourth-order valence-corrected chi connectivity index (χ4v) is 4.19. The topological polar surface area (TPSA) is 115 Å². The first-order chi connectivity index (χ1) is 17.9. The second-order valence-corrected chi connectivity index (χ2v) is 8.24. The summed E-state index contributed by atoms with van der Waals surface area (Å²) in [5.74, 6) is -1.30. The van der Waals surface area contributed by atoms with Crippen LogP contribution in [-0.2, 0) is 19.1 Å². The lowest BCUT2D eigenvalue weighted by atomic mass is 9.81. The standard InChI is InChI=1S/C29H25N3O5/c1-18-9-13-21(14-10-18)37-22-15-11-20(12-16-22)32-26(29(34)36-3)25(28(33)35-2)24(23(17-30)27(32)31)19-7-5-4-6-8-19/h4-16,24H,31H2,1-3H3. The van der Waals surface area contributed by atoms with Crippen molar-refractivity contribution in [1.82, 2.24) is 0 Å². The Hall–Kier alpha value is -5.03. The summed E-state index contributed by atoms with van der Waals surface area (Å²) in [6.45, 7) is 1.99. The maximum absolute atomic E-state index is 13.1. The first-order valence-corrected chi connectivity index (χ1v) is 11.4. The summed E-state index contributed by atoms with van der Waals surface area (Å²) in [5.41, 5.74) is 8.57. The monoisotopic (exact) mass is 495 g/mol. The second-order valence-electron chi connectivity index (χ2n) is 8.24. The van der Waals surface area contributed by atoms with Gasteiger partial charge in [-0.2, -0.15) is 5.26 Å². The van der Waals surface area contributed by atoms with Crippen molar-refractivity contribution in [2.24, 2.45) is 5.73 Å². The molecule has 8 heteroatoms. The van der Waals surface area contributed by atoms with Gasteiger partial charge in [-0.25, -0.2) is 9.59 Å². The number of nitriles is 1. The Bertz CT molecular complexity index is 1420. The number of allylic oxidation sites excluding steroid dienone is 1. The van der Waals surface area contributed by atoms with Gasteiger partial charge in [0.2, 0.25) is 0 Å². The van der Waals surface area contributed by atoms with E-state index in [1.54, 1.807) is 54.6 Å². The number of carbonyl (C=O) groups excluding carboxylic acids is 2. The van der Waals surface area contributed by atoms with Gasteiger partial charge in [-0.1, -0.05) is 48.0 Å². The van der Waals surface area contributed by atoms with Crippen molar-refractivity contribution in [2.75, 3.05) is 19.1 Å². The van der Waals surface area contributed by atoms with Gasteiger partial charge in [0.25, 0.3) is 0 Å². The Morgan fingerprint density at radius 1 is 0.865 bits per heavy atom. The highest BCUT2D eigenvalue weighted by Gasteiger charge is 2.42. The molecule has 0 aliphatic carbocycles. The van der Waals surface area contributed by atoms with Crippen molar-refractivity contribution < 1.29 is 23.8 Å². The number of ether oxygens (including phenoxy) is 3. The number of rotatable bonds is 6. The van der Waals surface area contributed by atoms with Gasteiger partial charge >= 0.3 is 11.9 Å². The normalized spacial score (nSPS) is 15.2. The third-order valence-corrected chi connectivity index (χ3v) is 5.96. The van der Waals surface area contributed by atoms with E-state index >= 15 is 0 Å². The molecule has 1 heterocycles. The molecule has 0 amide bonds. The SMILES string of the molecule is COC(=O)C1=C(C(=O)OC)N(c2ccc(Oc3ccc(C)cc3)cc2)C(N)=C(C#N)C1c1ccccc1. The molecule has 4 rings (SSSR count). The number of anilines is 1. The van der Waals surface area contributed by atoms with E-state index in [4.69, 9.17) is 19.9 Å². The molecule has 2 N–H and O–H groups in total. The van der Waals surface area contributed by atoms with Crippen LogP contribution in [0.2, 0.25) is 0 Å². The molecule has 0 spiro atoms. The Labute approximate surface area is 214 Å². The number of hydrogen-bond donors (Lipinski definition) is 1. The van der Waals surface area contributed by atoms with Crippen LogP contribution in [0.25, 0.3) is 0 Å². The fourth-order valence-electron chi connectivity index (χ4n) is 4.19. The van der Waals surface area contributed by atoms with Crippen molar-refractivity contribution in [1.29, 1.82) is 5.26 Å². The number of hydrogen-bond acceptors (Lipinski definition) is 8. The fraction of sp³-hybridized carbons (Fsp3) is 0.138. The average Bonchev–Trinajstić information content (AvgIpc) is 2.93. The Morgan fingerprint density at radius 3 is 1.97 bits per heavy atom. The maximum atomic E-state index is 13.1. The van der Waals surface area contributed by atoms with Gasteiger partial charge in [-0.05, 0) is 48.9 Å². The molecule has 0 bridgehead atoms. The zero-order chi connectivity index (χ0) is 26.5. The van der Waals surface area contributed by atoms with Crippen LogP contribution < -0.4 is 15.4 Å². The summed E-state index contributed by atoms with van der Waals surface area (Å²) in [7, 11) is 2.42. The molecular weight excluding hydrogens is 470 g/mol. The van der Waals surface area contributed by atoms with Crippen LogP contribution in [0.5, 0.6) is 11.5 Å². The summed E-state index contributed by atoms with van der Waals surface area (Å²) < 4.78 is 16.0. The quantitative estimate of drug-likeness (QED) is 0.490. The van der Waals surface area contributed by atoms with Crippen LogP contribution in [0, 0.1) is 18.3 Å². The molecular formula is C29H25N3O5. The number of nitrogens with two attached hydrogens (primary N) is 1. The van der Waals surface area contributed by atoms with Crippen molar-refractivity contribution in [3.63, 3.8) is 0 Å². The van der Waals surface area contributed by atoms with Gasteiger partial charge in [0.1, 0.15) is 23.0 Å². The molecule has 0 fully saturated rings. The molecule has 1 aliphatic rings. The molecule has 0 radical (unpaired) electrons. The molecule has 1 unspecified atom stereocenters. The Balaban J connectivity index is 1.86. The predicted octanol–water partition coefficient (Wildman–Crippen LogP) is 4.69. The first kappa shape index (κ1) is 25.1. The van der Waals surface area contributed by atoms with Gasteiger partial charge in [-0.3, -0.25) is 4.90 Å². The van der Waals surface area contributed by atoms with E-state index in [1.807, 2.05) is 31.2 Å². The van der Waals surface area contributed by atoms with Gasteiger partial charge in [0, 0.05) is 5.69 Å². The summed E-state index contributed by atoms with van der Waals surface area (Å²) in [6.07, 6.45) is 0. The third kappa shape index (κ3) is 4.88. The molecule has 3 aromatic carbocycles. The van der Waals surface area contributed by atoms with E-state index in [1.165, 1.54) is 19.1 Å². The summed E-state index contributed by atoms with van der Waals surface area (Å²) in [4.78, 5) is 27.6. The van der Waals surface area contributed by atoms with Gasteiger partial charge in [0.15, 0.2) is 0 Å². The highest BCUT2D eigenvalue weighted by molar-refractivity contribution is 6.06. The molecule has 0 aromatic heterocycles. The molecule has 8 nitrogen and oxygen atoms in total. The Kier molecular flexibility index (Phi) is 7.26. The number of benzene rings is 3. The zero-order valence-electron chi connectivity index (χ0n) is 20.6. The van der Waals surface area contributed by atoms with E-state index in [9.17, 15) is 14.9 Å². The molecule has 37 heavy (non-hydrogen) atoms. The third-order valence-electron chi connectivity index (χ3n) is 5.96. The van der Waals surface area contributed by atoms with Crippen LogP contribution in [0.4, 0.5) is 5.69 Å². The summed E-state index contributed by atoms with van der Waals surface area (Å²) in [6, 6.07) is 25.3. The average molecular weight is 496 g/mol. The lowest BCUT2D eigenvalue weighted by Crippen LogP contribution is -2.40. The molecule has 0 saturated carbocycles. The zero-order valence-corrected chi connectivity index (χ0v) is 20.6. The van der Waals surface area contributed by atoms with E-state index in [0.717, 1.165) is 5.56 Å². The number of carbonyl (C=O) groups is 2. The van der Waals surface area contributed by atoms with Gasteiger partial charge < -0.3 is 19.9 Å². The summed E-state index contributed by atoms with van der Waals surface area (Å²) >= 11 is 0. The van der Waals surface area contributed by atoms with Crippen LogP contribution >= 0.6 is 0 Å². The molecule has 1 atom stereocenters. The van der Waals surface area contributed by atoms with Crippen molar-refractivity contribution in [2.45, 2.75) is 12.8 Å². The predicted molar refractivity (Wildman–Crippen MR) is 137 cm³/mol. The highest BCUT2D eigenvalue weighted by atomic mass is 16.5. The largest absolute Gasteiger partial charge is 0.466 e. The van der Waals surface area contributed by atoms with Gasteiger partial charge in [-0.15, -0.1) is 0 Å². The highest BCUT2D eigenvalue weighted by Crippen LogP contribution is 2.43. The minimum absolute atomic E-state index is 0.00314. The lowest BCUT2D eigenvalue weighted by molar-refractivity contribution is -0.139. The number of aryl methyl sites for hydroxylation is 1. The van der Waals surface area contributed by atoms with E-state index < -0.39 is 17.9 Å². The number of methoxy groups -OCH3 is 2.